The summed E-state index contributed by atoms with van der Waals surface area (Å²) in [6.07, 6.45) is 5.65. The molecule has 1 fully saturated rings. The Morgan fingerprint density at radius 1 is 1.44 bits per heavy atom. The van der Waals surface area contributed by atoms with Crippen LogP contribution in [0.3, 0.4) is 0 Å². The Bertz CT molecular complexity index is 588. The predicted molar refractivity (Wildman–Crippen MR) is 69.0 cm³/mol. The Hall–Kier alpha value is -1.39. The normalized spacial score (nSPS) is 20.2. The first kappa shape index (κ1) is 11.7. The first-order valence-corrected chi connectivity index (χ1v) is 6.41. The summed E-state index contributed by atoms with van der Waals surface area (Å²) in [4.78, 5) is 10.8. The quantitative estimate of drug-likeness (QED) is 0.783. The van der Waals surface area contributed by atoms with Gasteiger partial charge in [0.15, 0.2) is 12.5 Å². The van der Waals surface area contributed by atoms with Crippen molar-refractivity contribution in [3.05, 3.63) is 28.9 Å². The summed E-state index contributed by atoms with van der Waals surface area (Å²) < 4.78 is 7.57. The van der Waals surface area contributed by atoms with Gasteiger partial charge in [-0.25, -0.2) is 4.68 Å². The second-order valence-electron chi connectivity index (χ2n) is 4.43. The molecule has 2 aromatic rings. The Labute approximate surface area is 109 Å². The number of hydrogen-bond donors (Lipinski definition) is 0. The van der Waals surface area contributed by atoms with Gasteiger partial charge in [0, 0.05) is 17.6 Å². The average Bonchev–Trinajstić information content (AvgIpc) is 2.85. The third-order valence-corrected chi connectivity index (χ3v) is 3.72. The zero-order valence-electron chi connectivity index (χ0n) is 9.80. The van der Waals surface area contributed by atoms with Crippen molar-refractivity contribution in [2.45, 2.75) is 25.5 Å². The van der Waals surface area contributed by atoms with Crippen LogP contribution in [0.1, 0.15) is 35.8 Å². The van der Waals surface area contributed by atoms with E-state index >= 15 is 0 Å². The van der Waals surface area contributed by atoms with Crippen LogP contribution in [0.2, 0.25) is 5.02 Å². The fourth-order valence-electron chi connectivity index (χ4n) is 2.34. The lowest BCUT2D eigenvalue weighted by Crippen LogP contribution is -2.18. The lowest BCUT2D eigenvalue weighted by Gasteiger charge is -2.23. The van der Waals surface area contributed by atoms with Crippen LogP contribution in [0.4, 0.5) is 0 Å². The Morgan fingerprint density at radius 2 is 2.33 bits per heavy atom. The van der Waals surface area contributed by atoms with Gasteiger partial charge in [0.2, 0.25) is 0 Å². The van der Waals surface area contributed by atoms with E-state index in [1.807, 2.05) is 10.7 Å². The van der Waals surface area contributed by atoms with Crippen LogP contribution in [-0.4, -0.2) is 22.7 Å². The fourth-order valence-corrected chi connectivity index (χ4v) is 2.59. The monoisotopic (exact) mass is 264 g/mol. The van der Waals surface area contributed by atoms with E-state index in [1.165, 1.54) is 0 Å². The molecular formula is C13H13ClN2O2. The highest BCUT2D eigenvalue weighted by atomic mass is 35.5. The van der Waals surface area contributed by atoms with Gasteiger partial charge >= 0.3 is 0 Å². The minimum atomic E-state index is -0.0191. The molecule has 1 aromatic carbocycles. The second-order valence-corrected chi connectivity index (χ2v) is 4.81. The van der Waals surface area contributed by atoms with Crippen molar-refractivity contribution in [3.8, 4) is 0 Å². The molecule has 0 N–H and O–H groups in total. The number of benzene rings is 1. The number of carbonyl (C=O) groups is 1. The molecule has 94 valence electrons. The molecule has 1 atom stereocenters. The fraction of sp³-hybridized carbons (Fsp3) is 0.385. The van der Waals surface area contributed by atoms with E-state index in [2.05, 4.69) is 5.10 Å². The van der Waals surface area contributed by atoms with Crippen molar-refractivity contribution in [1.29, 1.82) is 0 Å². The lowest BCUT2D eigenvalue weighted by atomic mass is 10.1. The number of halogens is 1. The van der Waals surface area contributed by atoms with Crippen molar-refractivity contribution < 1.29 is 9.53 Å². The number of nitrogens with zero attached hydrogens (tertiary/aromatic N) is 2. The van der Waals surface area contributed by atoms with Gasteiger partial charge in [-0.15, -0.1) is 0 Å². The van der Waals surface area contributed by atoms with E-state index in [4.69, 9.17) is 16.3 Å². The van der Waals surface area contributed by atoms with Gasteiger partial charge in [-0.1, -0.05) is 11.6 Å². The molecule has 2 heterocycles. The van der Waals surface area contributed by atoms with Crippen LogP contribution in [0, 0.1) is 0 Å². The molecule has 0 bridgehead atoms. The SMILES string of the molecule is O=Cc1ccc2c(cnn2C2CCCCO2)c1Cl. The highest BCUT2D eigenvalue weighted by Gasteiger charge is 2.19. The molecule has 0 saturated carbocycles. The molecule has 0 spiro atoms. The van der Waals surface area contributed by atoms with Crippen LogP contribution < -0.4 is 0 Å². The van der Waals surface area contributed by atoms with E-state index < -0.39 is 0 Å². The summed E-state index contributed by atoms with van der Waals surface area (Å²) >= 11 is 6.17. The van der Waals surface area contributed by atoms with Crippen molar-refractivity contribution in [1.82, 2.24) is 9.78 Å². The molecule has 1 saturated heterocycles. The molecule has 18 heavy (non-hydrogen) atoms. The summed E-state index contributed by atoms with van der Waals surface area (Å²) in [5.41, 5.74) is 1.41. The number of ether oxygens (including phenoxy) is 1. The molecule has 4 nitrogen and oxygen atoms in total. The summed E-state index contributed by atoms with van der Waals surface area (Å²) in [6, 6.07) is 3.59. The Morgan fingerprint density at radius 3 is 3.06 bits per heavy atom. The number of aldehydes is 1. The molecule has 1 unspecified atom stereocenters. The van der Waals surface area contributed by atoms with E-state index in [9.17, 15) is 4.79 Å². The van der Waals surface area contributed by atoms with Gasteiger partial charge in [0.25, 0.3) is 0 Å². The Kier molecular flexibility index (Phi) is 3.06. The Balaban J connectivity index is 2.09. The van der Waals surface area contributed by atoms with Crippen molar-refractivity contribution in [2.24, 2.45) is 0 Å². The van der Waals surface area contributed by atoms with Gasteiger partial charge < -0.3 is 4.74 Å². The van der Waals surface area contributed by atoms with Crippen LogP contribution in [0.25, 0.3) is 10.9 Å². The van der Waals surface area contributed by atoms with Gasteiger partial charge in [-0.05, 0) is 31.4 Å². The maximum Gasteiger partial charge on any atom is 0.151 e. The predicted octanol–water partition coefficient (Wildman–Crippen LogP) is 3.20. The van der Waals surface area contributed by atoms with E-state index in [-0.39, 0.29) is 6.23 Å². The molecule has 0 amide bonds. The molecule has 1 aromatic heterocycles. The molecule has 5 heteroatoms. The van der Waals surface area contributed by atoms with E-state index in [1.54, 1.807) is 12.3 Å². The topological polar surface area (TPSA) is 44.1 Å². The van der Waals surface area contributed by atoms with Crippen LogP contribution >= 0.6 is 11.6 Å². The van der Waals surface area contributed by atoms with E-state index in [0.29, 0.717) is 10.6 Å². The van der Waals surface area contributed by atoms with Crippen molar-refractivity contribution in [2.75, 3.05) is 6.61 Å². The molecule has 1 aliphatic rings. The number of carbonyl (C=O) groups excluding carboxylic acids is 1. The number of rotatable bonds is 2. The molecule has 1 aliphatic heterocycles. The third-order valence-electron chi connectivity index (χ3n) is 3.30. The summed E-state index contributed by atoms with van der Waals surface area (Å²) in [5.74, 6) is 0. The van der Waals surface area contributed by atoms with Crippen molar-refractivity contribution in [3.63, 3.8) is 0 Å². The lowest BCUT2D eigenvalue weighted by molar-refractivity contribution is -0.0366. The van der Waals surface area contributed by atoms with Crippen molar-refractivity contribution >= 4 is 28.8 Å². The number of hydrogen-bond acceptors (Lipinski definition) is 3. The van der Waals surface area contributed by atoms with Crippen LogP contribution in [0.5, 0.6) is 0 Å². The maximum atomic E-state index is 10.8. The first-order chi connectivity index (χ1) is 8.81. The second kappa shape index (κ2) is 4.71. The standard InChI is InChI=1S/C13H13ClN2O2/c14-13-9(8-17)4-5-11-10(13)7-15-16(11)12-3-1-2-6-18-12/h4-5,7-8,12H,1-3,6H2. The number of fused-ring (bicyclic) bond motifs is 1. The minimum absolute atomic E-state index is 0.0191. The summed E-state index contributed by atoms with van der Waals surface area (Å²) in [7, 11) is 0. The van der Waals surface area contributed by atoms with Crippen LogP contribution in [0.15, 0.2) is 18.3 Å². The van der Waals surface area contributed by atoms with E-state index in [0.717, 1.165) is 43.1 Å². The molecular weight excluding hydrogens is 252 g/mol. The highest BCUT2D eigenvalue weighted by Crippen LogP contribution is 2.30. The highest BCUT2D eigenvalue weighted by molar-refractivity contribution is 6.37. The van der Waals surface area contributed by atoms with Gasteiger partial charge in [-0.3, -0.25) is 4.79 Å². The summed E-state index contributed by atoms with van der Waals surface area (Å²) in [6.45, 7) is 0.770. The zero-order valence-corrected chi connectivity index (χ0v) is 10.6. The molecule has 0 radical (unpaired) electrons. The summed E-state index contributed by atoms with van der Waals surface area (Å²) in [5, 5.41) is 5.61. The minimum Gasteiger partial charge on any atom is -0.356 e. The largest absolute Gasteiger partial charge is 0.356 e. The third kappa shape index (κ3) is 1.82. The first-order valence-electron chi connectivity index (χ1n) is 6.04. The molecule has 3 rings (SSSR count). The maximum absolute atomic E-state index is 10.8. The smallest absolute Gasteiger partial charge is 0.151 e. The average molecular weight is 265 g/mol. The van der Waals surface area contributed by atoms with Gasteiger partial charge in [0.05, 0.1) is 16.7 Å². The van der Waals surface area contributed by atoms with Crippen LogP contribution in [-0.2, 0) is 4.74 Å². The van der Waals surface area contributed by atoms with Gasteiger partial charge in [0.1, 0.15) is 0 Å². The molecule has 0 aliphatic carbocycles. The van der Waals surface area contributed by atoms with Gasteiger partial charge in [-0.2, -0.15) is 5.10 Å². The number of aromatic nitrogens is 2. The zero-order chi connectivity index (χ0) is 12.5.